The topological polar surface area (TPSA) is 36.1 Å². The molecule has 0 saturated carbocycles. The fraction of sp³-hybridized carbons (Fsp3) is 0.538. The molecule has 0 unspecified atom stereocenters. The van der Waals surface area contributed by atoms with Crippen molar-refractivity contribution in [3.63, 3.8) is 0 Å². The Hall–Kier alpha value is -0.900. The molecule has 16 heavy (non-hydrogen) atoms. The van der Waals surface area contributed by atoms with Gasteiger partial charge < -0.3 is 16.0 Å². The smallest absolute Gasteiger partial charge is 0.0454 e. The Labute approximate surface area is 97.6 Å². The average molecular weight is 219 g/mol. The van der Waals surface area contributed by atoms with Crippen LogP contribution in [0.2, 0.25) is 0 Å². The van der Waals surface area contributed by atoms with Crippen LogP contribution in [-0.4, -0.2) is 26.3 Å². The molecule has 1 aromatic carbocycles. The van der Waals surface area contributed by atoms with Crippen molar-refractivity contribution in [1.82, 2.24) is 16.0 Å². The van der Waals surface area contributed by atoms with E-state index in [2.05, 4.69) is 40.2 Å². The molecule has 88 valence electrons. The van der Waals surface area contributed by atoms with E-state index in [0.717, 1.165) is 19.8 Å². The Morgan fingerprint density at radius 2 is 1.56 bits per heavy atom. The summed E-state index contributed by atoms with van der Waals surface area (Å²) < 4.78 is 0. The first-order valence-electron chi connectivity index (χ1n) is 6.16. The van der Waals surface area contributed by atoms with Crippen LogP contribution < -0.4 is 16.0 Å². The third-order valence-corrected chi connectivity index (χ3v) is 2.96. The minimum Gasteiger partial charge on any atom is -0.312 e. The van der Waals surface area contributed by atoms with Gasteiger partial charge >= 0.3 is 0 Å². The number of hydrogen-bond acceptors (Lipinski definition) is 3. The summed E-state index contributed by atoms with van der Waals surface area (Å²) in [5.41, 5.74) is 2.98. The molecule has 0 radical (unpaired) electrons. The molecular weight excluding hydrogens is 198 g/mol. The molecular formula is C13H21N3. The largest absolute Gasteiger partial charge is 0.312 e. The quantitative estimate of drug-likeness (QED) is 0.606. The van der Waals surface area contributed by atoms with E-state index in [4.69, 9.17) is 0 Å². The van der Waals surface area contributed by atoms with Crippen LogP contribution in [0.25, 0.3) is 0 Å². The molecule has 3 rings (SSSR count). The van der Waals surface area contributed by atoms with E-state index in [1.807, 2.05) is 0 Å². The lowest BCUT2D eigenvalue weighted by atomic mass is 10.0. The third kappa shape index (κ3) is 3.59. The van der Waals surface area contributed by atoms with Crippen molar-refractivity contribution in [1.29, 1.82) is 0 Å². The first-order chi connectivity index (χ1) is 7.97. The molecule has 1 saturated heterocycles. The number of benzene rings is 1. The zero-order valence-corrected chi connectivity index (χ0v) is 9.76. The van der Waals surface area contributed by atoms with Gasteiger partial charge in [0, 0.05) is 13.2 Å². The molecule has 0 amide bonds. The lowest BCUT2D eigenvalue weighted by molar-refractivity contribution is 0.496. The van der Waals surface area contributed by atoms with E-state index in [-0.39, 0.29) is 0 Å². The van der Waals surface area contributed by atoms with Gasteiger partial charge in [-0.1, -0.05) is 24.3 Å². The molecule has 0 aliphatic carbocycles. The van der Waals surface area contributed by atoms with E-state index >= 15 is 0 Å². The Morgan fingerprint density at radius 1 is 0.812 bits per heavy atom. The summed E-state index contributed by atoms with van der Waals surface area (Å²) in [6.45, 7) is 5.56. The molecule has 0 atom stereocenters. The molecule has 0 aromatic heterocycles. The average Bonchev–Trinajstić information content (AvgIpc) is 2.42. The first-order valence-corrected chi connectivity index (χ1v) is 6.16. The van der Waals surface area contributed by atoms with Gasteiger partial charge in [-0.2, -0.15) is 0 Å². The van der Waals surface area contributed by atoms with Crippen LogP contribution >= 0.6 is 0 Å². The normalized spacial score (nSPS) is 19.2. The van der Waals surface area contributed by atoms with Crippen molar-refractivity contribution < 1.29 is 0 Å². The van der Waals surface area contributed by atoms with Crippen LogP contribution in [0.3, 0.4) is 0 Å². The van der Waals surface area contributed by atoms with Gasteiger partial charge in [0.15, 0.2) is 0 Å². The third-order valence-electron chi connectivity index (χ3n) is 2.96. The number of rotatable bonds is 0. The lowest BCUT2D eigenvalue weighted by Gasteiger charge is -2.15. The highest BCUT2D eigenvalue weighted by Gasteiger charge is 2.05. The van der Waals surface area contributed by atoms with E-state index in [1.165, 1.54) is 37.1 Å². The molecule has 1 aromatic rings. The zero-order chi connectivity index (χ0) is 11.1. The monoisotopic (exact) mass is 219 g/mol. The standard InChI is InChI=1S/C9H11N.C4H10N2/c1-2-4-9-7-10-6-5-8(9)3-1;1-2-5-4-6-3-1/h1-4,10H,5-7H2;5-6H,1-4H2. The van der Waals surface area contributed by atoms with Gasteiger partial charge in [0.1, 0.15) is 0 Å². The zero-order valence-electron chi connectivity index (χ0n) is 9.76. The molecule has 3 nitrogen and oxygen atoms in total. The lowest BCUT2D eigenvalue weighted by Crippen LogP contribution is -2.37. The highest BCUT2D eigenvalue weighted by molar-refractivity contribution is 5.28. The molecule has 1 fully saturated rings. The van der Waals surface area contributed by atoms with Crippen molar-refractivity contribution in [3.8, 4) is 0 Å². The van der Waals surface area contributed by atoms with Crippen LogP contribution in [0.5, 0.6) is 0 Å². The van der Waals surface area contributed by atoms with Crippen molar-refractivity contribution in [2.45, 2.75) is 19.4 Å². The van der Waals surface area contributed by atoms with Gasteiger partial charge in [-0.25, -0.2) is 0 Å². The van der Waals surface area contributed by atoms with Crippen molar-refractivity contribution in [2.75, 3.05) is 26.3 Å². The fourth-order valence-corrected chi connectivity index (χ4v) is 2.02. The maximum Gasteiger partial charge on any atom is 0.0454 e. The Bertz CT molecular complexity index is 271. The van der Waals surface area contributed by atoms with E-state index in [1.54, 1.807) is 0 Å². The Kier molecular flexibility index (Phi) is 4.80. The van der Waals surface area contributed by atoms with Crippen LogP contribution in [-0.2, 0) is 13.0 Å². The molecule has 0 spiro atoms. The van der Waals surface area contributed by atoms with Gasteiger partial charge in [0.05, 0.1) is 0 Å². The second-order valence-electron chi connectivity index (χ2n) is 4.23. The number of hydrogen-bond donors (Lipinski definition) is 3. The SMILES string of the molecule is C1CNCNC1.c1ccc2c(c1)CCNC2. The van der Waals surface area contributed by atoms with E-state index < -0.39 is 0 Å². The summed E-state index contributed by atoms with van der Waals surface area (Å²) in [5.74, 6) is 0. The molecule has 0 bridgehead atoms. The van der Waals surface area contributed by atoms with E-state index in [0.29, 0.717) is 0 Å². The van der Waals surface area contributed by atoms with E-state index in [9.17, 15) is 0 Å². The number of nitrogens with one attached hydrogen (secondary N) is 3. The number of fused-ring (bicyclic) bond motifs is 1. The summed E-state index contributed by atoms with van der Waals surface area (Å²) in [5, 5.41) is 9.69. The summed E-state index contributed by atoms with van der Waals surface area (Å²) in [6, 6.07) is 8.63. The molecule has 2 heterocycles. The van der Waals surface area contributed by atoms with Crippen LogP contribution in [0, 0.1) is 0 Å². The Morgan fingerprint density at radius 3 is 2.12 bits per heavy atom. The molecule has 2 aliphatic heterocycles. The van der Waals surface area contributed by atoms with Gasteiger partial charge in [0.25, 0.3) is 0 Å². The van der Waals surface area contributed by atoms with Crippen molar-refractivity contribution in [3.05, 3.63) is 35.4 Å². The molecule has 2 aliphatic rings. The minimum absolute atomic E-state index is 1.00. The maximum atomic E-state index is 3.34. The first kappa shape index (κ1) is 11.6. The predicted octanol–water partition coefficient (Wildman–Crippen LogP) is 0.859. The van der Waals surface area contributed by atoms with Gasteiger partial charge in [0.2, 0.25) is 0 Å². The highest BCUT2D eigenvalue weighted by atomic mass is 15.1. The maximum absolute atomic E-state index is 3.34. The minimum atomic E-state index is 1.00. The van der Waals surface area contributed by atoms with Gasteiger partial charge in [-0.05, 0) is 43.6 Å². The summed E-state index contributed by atoms with van der Waals surface area (Å²) in [6.07, 6.45) is 2.47. The second-order valence-corrected chi connectivity index (χ2v) is 4.23. The van der Waals surface area contributed by atoms with Crippen LogP contribution in [0.4, 0.5) is 0 Å². The summed E-state index contributed by atoms with van der Waals surface area (Å²) >= 11 is 0. The van der Waals surface area contributed by atoms with Crippen molar-refractivity contribution in [2.24, 2.45) is 0 Å². The molecule has 3 heteroatoms. The second kappa shape index (κ2) is 6.63. The predicted molar refractivity (Wildman–Crippen MR) is 67.3 cm³/mol. The fourth-order valence-electron chi connectivity index (χ4n) is 2.02. The summed E-state index contributed by atoms with van der Waals surface area (Å²) in [7, 11) is 0. The van der Waals surface area contributed by atoms with Crippen LogP contribution in [0.1, 0.15) is 17.5 Å². The van der Waals surface area contributed by atoms with Crippen molar-refractivity contribution >= 4 is 0 Å². The van der Waals surface area contributed by atoms with Gasteiger partial charge in [-0.15, -0.1) is 0 Å². The highest BCUT2D eigenvalue weighted by Crippen LogP contribution is 2.11. The Balaban J connectivity index is 0.000000138. The van der Waals surface area contributed by atoms with Gasteiger partial charge in [-0.3, -0.25) is 0 Å². The summed E-state index contributed by atoms with van der Waals surface area (Å²) in [4.78, 5) is 0. The molecule has 3 N–H and O–H groups in total. The van der Waals surface area contributed by atoms with Crippen LogP contribution in [0.15, 0.2) is 24.3 Å².